The second kappa shape index (κ2) is 4.11. The van der Waals surface area contributed by atoms with Gasteiger partial charge in [0.25, 0.3) is 0 Å². The lowest BCUT2D eigenvalue weighted by atomic mass is 9.85. The Morgan fingerprint density at radius 1 is 1.41 bits per heavy atom. The standard InChI is InChI=1S/C13H18FN3/c1-13(2,3)10(15)7-11-16-9-6-4-5-8(14)12(9)17-11/h4-6,10H,7,15H2,1-3H3,(H,16,17). The Morgan fingerprint density at radius 2 is 2.12 bits per heavy atom. The maximum Gasteiger partial charge on any atom is 0.151 e. The van der Waals surface area contributed by atoms with Gasteiger partial charge < -0.3 is 10.7 Å². The Kier molecular flexibility index (Phi) is 2.91. The fourth-order valence-electron chi connectivity index (χ4n) is 1.66. The molecule has 1 aromatic carbocycles. The van der Waals surface area contributed by atoms with Gasteiger partial charge in [0.2, 0.25) is 0 Å². The number of halogens is 1. The highest BCUT2D eigenvalue weighted by atomic mass is 19.1. The van der Waals surface area contributed by atoms with Crippen molar-refractivity contribution in [2.75, 3.05) is 0 Å². The van der Waals surface area contributed by atoms with Crippen LogP contribution in [0, 0.1) is 11.2 Å². The summed E-state index contributed by atoms with van der Waals surface area (Å²) in [5.41, 5.74) is 7.22. The van der Waals surface area contributed by atoms with Gasteiger partial charge in [-0.05, 0) is 17.5 Å². The van der Waals surface area contributed by atoms with Crippen LogP contribution in [0.3, 0.4) is 0 Å². The van der Waals surface area contributed by atoms with Crippen LogP contribution in [0.25, 0.3) is 11.0 Å². The minimum Gasteiger partial charge on any atom is -0.342 e. The summed E-state index contributed by atoms with van der Waals surface area (Å²) in [4.78, 5) is 7.36. The fraction of sp³-hybridized carbons (Fsp3) is 0.462. The van der Waals surface area contributed by atoms with Gasteiger partial charge in [0.1, 0.15) is 11.3 Å². The highest BCUT2D eigenvalue weighted by molar-refractivity contribution is 5.75. The summed E-state index contributed by atoms with van der Waals surface area (Å²) in [6, 6.07) is 4.89. The summed E-state index contributed by atoms with van der Waals surface area (Å²) in [6.07, 6.45) is 0.623. The third kappa shape index (κ3) is 2.47. The predicted molar refractivity (Wildman–Crippen MR) is 67.2 cm³/mol. The van der Waals surface area contributed by atoms with Crippen LogP contribution >= 0.6 is 0 Å². The van der Waals surface area contributed by atoms with Crippen molar-refractivity contribution in [3.63, 3.8) is 0 Å². The summed E-state index contributed by atoms with van der Waals surface area (Å²) >= 11 is 0. The Hall–Kier alpha value is -1.42. The topological polar surface area (TPSA) is 54.7 Å². The molecule has 0 bridgehead atoms. The number of rotatable bonds is 2. The maximum atomic E-state index is 13.5. The van der Waals surface area contributed by atoms with E-state index in [1.165, 1.54) is 6.07 Å². The summed E-state index contributed by atoms with van der Waals surface area (Å²) in [5, 5.41) is 0. The minimum absolute atomic E-state index is 0.00822. The Balaban J connectivity index is 2.29. The van der Waals surface area contributed by atoms with Crippen LogP contribution in [-0.4, -0.2) is 16.0 Å². The van der Waals surface area contributed by atoms with E-state index in [0.717, 1.165) is 11.3 Å². The van der Waals surface area contributed by atoms with Crippen LogP contribution in [0.1, 0.15) is 26.6 Å². The summed E-state index contributed by atoms with van der Waals surface area (Å²) in [7, 11) is 0. The molecule has 2 rings (SSSR count). The van der Waals surface area contributed by atoms with Crippen molar-refractivity contribution in [1.82, 2.24) is 9.97 Å². The number of nitrogens with one attached hydrogen (secondary N) is 1. The molecule has 1 heterocycles. The van der Waals surface area contributed by atoms with Crippen LogP contribution in [0.2, 0.25) is 0 Å². The van der Waals surface area contributed by atoms with Crippen molar-refractivity contribution >= 4 is 11.0 Å². The molecule has 0 aliphatic heterocycles. The quantitative estimate of drug-likeness (QED) is 0.840. The lowest BCUT2D eigenvalue weighted by molar-refractivity contribution is 0.315. The molecule has 3 nitrogen and oxygen atoms in total. The van der Waals surface area contributed by atoms with E-state index < -0.39 is 0 Å². The molecule has 0 fully saturated rings. The molecular weight excluding hydrogens is 217 g/mol. The van der Waals surface area contributed by atoms with E-state index in [1.807, 2.05) is 6.07 Å². The van der Waals surface area contributed by atoms with Crippen LogP contribution in [0.4, 0.5) is 4.39 Å². The summed E-state index contributed by atoms with van der Waals surface area (Å²) in [5.74, 6) is 0.446. The fourth-order valence-corrected chi connectivity index (χ4v) is 1.66. The van der Waals surface area contributed by atoms with Crippen LogP contribution in [-0.2, 0) is 6.42 Å². The molecule has 0 aliphatic rings. The molecule has 4 heteroatoms. The van der Waals surface area contributed by atoms with Gasteiger partial charge in [0, 0.05) is 12.5 Å². The Labute approximate surface area is 100 Å². The van der Waals surface area contributed by atoms with Crippen LogP contribution in [0.5, 0.6) is 0 Å². The van der Waals surface area contributed by atoms with Gasteiger partial charge in [0.05, 0.1) is 5.52 Å². The number of benzene rings is 1. The largest absolute Gasteiger partial charge is 0.342 e. The first kappa shape index (κ1) is 12.0. The number of imidazole rings is 1. The van der Waals surface area contributed by atoms with Crippen molar-refractivity contribution in [2.45, 2.75) is 33.2 Å². The zero-order chi connectivity index (χ0) is 12.6. The number of nitrogens with zero attached hydrogens (tertiary/aromatic N) is 1. The van der Waals surface area contributed by atoms with Crippen molar-refractivity contribution < 1.29 is 4.39 Å². The number of para-hydroxylation sites is 1. The molecule has 0 saturated heterocycles. The average Bonchev–Trinajstić information content (AvgIpc) is 2.60. The molecule has 92 valence electrons. The van der Waals surface area contributed by atoms with E-state index in [2.05, 4.69) is 30.7 Å². The second-order valence-corrected chi connectivity index (χ2v) is 5.50. The summed E-state index contributed by atoms with van der Waals surface area (Å²) < 4.78 is 13.5. The van der Waals surface area contributed by atoms with Crippen molar-refractivity contribution in [2.24, 2.45) is 11.1 Å². The number of aromatic amines is 1. The van der Waals surface area contributed by atoms with E-state index in [1.54, 1.807) is 6.07 Å². The molecule has 17 heavy (non-hydrogen) atoms. The molecule has 0 spiro atoms. The van der Waals surface area contributed by atoms with E-state index in [4.69, 9.17) is 5.73 Å². The summed E-state index contributed by atoms with van der Waals surface area (Å²) in [6.45, 7) is 6.25. The van der Waals surface area contributed by atoms with Gasteiger partial charge in [-0.2, -0.15) is 0 Å². The number of nitrogens with two attached hydrogens (primary N) is 1. The van der Waals surface area contributed by atoms with Crippen LogP contribution < -0.4 is 5.73 Å². The van der Waals surface area contributed by atoms with Gasteiger partial charge in [-0.15, -0.1) is 0 Å². The highest BCUT2D eigenvalue weighted by Crippen LogP contribution is 2.21. The Bertz CT molecular complexity index is 525. The van der Waals surface area contributed by atoms with Crippen LogP contribution in [0.15, 0.2) is 18.2 Å². The van der Waals surface area contributed by atoms with Gasteiger partial charge in [0.15, 0.2) is 5.82 Å². The molecule has 0 saturated carbocycles. The highest BCUT2D eigenvalue weighted by Gasteiger charge is 2.22. The number of aromatic nitrogens is 2. The zero-order valence-electron chi connectivity index (χ0n) is 10.4. The predicted octanol–water partition coefficient (Wildman–Crippen LogP) is 2.62. The zero-order valence-corrected chi connectivity index (χ0v) is 10.4. The molecular formula is C13H18FN3. The first-order valence-electron chi connectivity index (χ1n) is 5.76. The number of fused-ring (bicyclic) bond motifs is 1. The molecule has 1 aromatic heterocycles. The van der Waals surface area contributed by atoms with Gasteiger partial charge in [-0.3, -0.25) is 0 Å². The normalized spacial score (nSPS) is 14.2. The monoisotopic (exact) mass is 235 g/mol. The van der Waals surface area contributed by atoms with Crippen molar-refractivity contribution in [1.29, 1.82) is 0 Å². The molecule has 1 atom stereocenters. The molecule has 1 unspecified atom stereocenters. The Morgan fingerprint density at radius 3 is 2.71 bits per heavy atom. The smallest absolute Gasteiger partial charge is 0.151 e. The number of hydrogen-bond donors (Lipinski definition) is 2. The van der Waals surface area contributed by atoms with Gasteiger partial charge >= 0.3 is 0 Å². The van der Waals surface area contributed by atoms with Gasteiger partial charge in [-0.25, -0.2) is 9.37 Å². The van der Waals surface area contributed by atoms with E-state index in [0.29, 0.717) is 11.9 Å². The number of H-pyrrole nitrogens is 1. The van der Waals surface area contributed by atoms with E-state index in [-0.39, 0.29) is 17.3 Å². The second-order valence-electron chi connectivity index (χ2n) is 5.50. The van der Waals surface area contributed by atoms with E-state index in [9.17, 15) is 4.39 Å². The first-order valence-corrected chi connectivity index (χ1v) is 5.76. The SMILES string of the molecule is CC(C)(C)C(N)Cc1nc2c(F)cccc2[nH]1. The first-order chi connectivity index (χ1) is 7.88. The maximum absolute atomic E-state index is 13.5. The van der Waals surface area contributed by atoms with Crippen molar-refractivity contribution in [3.8, 4) is 0 Å². The average molecular weight is 235 g/mol. The van der Waals surface area contributed by atoms with E-state index >= 15 is 0 Å². The van der Waals surface area contributed by atoms with Gasteiger partial charge in [-0.1, -0.05) is 26.8 Å². The molecule has 0 radical (unpaired) electrons. The lowest BCUT2D eigenvalue weighted by Gasteiger charge is -2.26. The molecule has 0 aliphatic carbocycles. The molecule has 2 aromatic rings. The van der Waals surface area contributed by atoms with Crippen molar-refractivity contribution in [3.05, 3.63) is 29.8 Å². The third-order valence-electron chi connectivity index (χ3n) is 3.04. The third-order valence-corrected chi connectivity index (χ3v) is 3.04. The molecule has 0 amide bonds. The lowest BCUT2D eigenvalue weighted by Crippen LogP contribution is -2.37. The minimum atomic E-state index is -0.297. The number of hydrogen-bond acceptors (Lipinski definition) is 2. The molecule has 3 N–H and O–H groups in total.